The van der Waals surface area contributed by atoms with Crippen molar-refractivity contribution < 1.29 is 19.8 Å². The monoisotopic (exact) mass is 491 g/mol. The molecule has 0 unspecified atom stereocenters. The molecule has 0 aromatic carbocycles. The Balaban J connectivity index is 1.96. The van der Waals surface area contributed by atoms with Crippen molar-refractivity contribution in [3.05, 3.63) is 23.2 Å². The summed E-state index contributed by atoms with van der Waals surface area (Å²) in [5.41, 5.74) is -0.0677. The van der Waals surface area contributed by atoms with Crippen molar-refractivity contribution >= 4 is 28.3 Å². The molecule has 2 amide bonds. The fraction of sp³-hybridized carbons (Fsp3) is 0.731. The van der Waals surface area contributed by atoms with Crippen LogP contribution in [0.2, 0.25) is 0 Å². The lowest BCUT2D eigenvalue weighted by Crippen LogP contribution is -2.57. The number of amides is 2. The first-order valence-electron chi connectivity index (χ1n) is 12.5. The molecule has 1 aromatic heterocycles. The van der Waals surface area contributed by atoms with Crippen molar-refractivity contribution in [2.75, 3.05) is 25.5 Å². The number of aromatic nitrogens is 1. The summed E-state index contributed by atoms with van der Waals surface area (Å²) < 4.78 is 0. The Morgan fingerprint density at radius 1 is 1.35 bits per heavy atom. The van der Waals surface area contributed by atoms with Crippen LogP contribution in [0, 0.1) is 16.7 Å². The fourth-order valence-corrected chi connectivity index (χ4v) is 7.13. The molecular weight excluding hydrogens is 450 g/mol. The van der Waals surface area contributed by atoms with Crippen molar-refractivity contribution in [1.29, 1.82) is 0 Å². The molecule has 34 heavy (non-hydrogen) atoms. The Bertz CT molecular complexity index is 903. The summed E-state index contributed by atoms with van der Waals surface area (Å²) in [4.78, 5) is 33.2. The van der Waals surface area contributed by atoms with Gasteiger partial charge in [-0.15, -0.1) is 17.9 Å². The van der Waals surface area contributed by atoms with Crippen molar-refractivity contribution in [1.82, 2.24) is 9.88 Å². The zero-order chi connectivity index (χ0) is 25.1. The number of carbonyl (C=O) groups is 2. The molecule has 1 saturated carbocycles. The number of hydrogen-bond acceptors (Lipinski definition) is 6. The van der Waals surface area contributed by atoms with Crippen LogP contribution in [0.5, 0.6) is 0 Å². The maximum absolute atomic E-state index is 13.1. The first-order valence-corrected chi connectivity index (χ1v) is 13.4. The molecule has 190 valence electrons. The van der Waals surface area contributed by atoms with Crippen LogP contribution in [0.4, 0.5) is 5.13 Å². The third kappa shape index (κ3) is 5.09. The van der Waals surface area contributed by atoms with E-state index in [2.05, 4.69) is 25.7 Å². The average Bonchev–Trinajstić information content (AvgIpc) is 3.20. The standard InChI is InChI=1S/C26H41N3O4S/c1-6-8-9-10-21(32)27-24-28-23-17(14-22(33)29(5)13-7-2)25(3)12-11-20(31)26(4,16-30)19(25)15-18(23)34-24/h7,17,19-20,30-31H,2,6,8-16H2,1,3-5H3,(H,27,28,32)/t17-,19+,20-,25+,26+/m1/s1. The molecule has 1 aromatic rings. The summed E-state index contributed by atoms with van der Waals surface area (Å²) in [5.74, 6) is -0.163. The normalized spacial score (nSPS) is 30.2. The van der Waals surface area contributed by atoms with Crippen LogP contribution in [0.1, 0.15) is 82.2 Å². The second-order valence-electron chi connectivity index (χ2n) is 10.6. The SMILES string of the molecule is C=CCN(C)C(=O)C[C@@H]1c2nc(NC(=O)CCCCC)sc2C[C@@H]2[C@](C)(CO)[C@H](O)CC[C@]21C. The molecule has 0 radical (unpaired) electrons. The molecular formula is C26H41N3O4S. The van der Waals surface area contributed by atoms with Crippen LogP contribution in [0.25, 0.3) is 0 Å². The van der Waals surface area contributed by atoms with Crippen LogP contribution in [-0.2, 0) is 16.0 Å². The minimum absolute atomic E-state index is 0.00249. The number of hydrogen-bond donors (Lipinski definition) is 3. The predicted octanol–water partition coefficient (Wildman–Crippen LogP) is 4.11. The average molecular weight is 492 g/mol. The zero-order valence-electron chi connectivity index (χ0n) is 21.1. The molecule has 5 atom stereocenters. The molecule has 1 heterocycles. The lowest BCUT2D eigenvalue weighted by atomic mass is 9.47. The number of aliphatic hydroxyl groups excluding tert-OH is 2. The largest absolute Gasteiger partial charge is 0.396 e. The minimum Gasteiger partial charge on any atom is -0.396 e. The first kappa shape index (κ1) is 26.8. The Labute approximate surface area is 207 Å². The van der Waals surface area contributed by atoms with E-state index in [0.29, 0.717) is 37.4 Å². The highest BCUT2D eigenvalue weighted by Crippen LogP contribution is 2.62. The smallest absolute Gasteiger partial charge is 0.226 e. The number of unbranched alkanes of at least 4 members (excludes halogenated alkanes) is 2. The predicted molar refractivity (Wildman–Crippen MR) is 136 cm³/mol. The number of anilines is 1. The number of nitrogens with one attached hydrogen (secondary N) is 1. The van der Waals surface area contributed by atoms with E-state index in [-0.39, 0.29) is 35.7 Å². The van der Waals surface area contributed by atoms with E-state index < -0.39 is 11.5 Å². The van der Waals surface area contributed by atoms with Gasteiger partial charge in [0.2, 0.25) is 11.8 Å². The number of carbonyl (C=O) groups excluding carboxylic acids is 2. The molecule has 0 aliphatic heterocycles. The number of thiazole rings is 1. The van der Waals surface area contributed by atoms with Gasteiger partial charge in [0, 0.05) is 42.6 Å². The second kappa shape index (κ2) is 10.9. The maximum Gasteiger partial charge on any atom is 0.226 e. The van der Waals surface area contributed by atoms with Crippen molar-refractivity contribution in [2.45, 2.75) is 84.2 Å². The molecule has 0 bridgehead atoms. The third-order valence-electron chi connectivity index (χ3n) is 8.35. The van der Waals surface area contributed by atoms with Crippen LogP contribution in [0.15, 0.2) is 12.7 Å². The van der Waals surface area contributed by atoms with Gasteiger partial charge in [-0.1, -0.05) is 39.7 Å². The summed E-state index contributed by atoms with van der Waals surface area (Å²) >= 11 is 1.47. The van der Waals surface area contributed by atoms with Crippen molar-refractivity contribution in [3.8, 4) is 0 Å². The Morgan fingerprint density at radius 2 is 2.09 bits per heavy atom. The Kier molecular flexibility index (Phi) is 8.58. The van der Waals surface area contributed by atoms with E-state index in [1.54, 1.807) is 18.0 Å². The van der Waals surface area contributed by atoms with Crippen LogP contribution < -0.4 is 5.32 Å². The lowest BCUT2D eigenvalue weighted by molar-refractivity contribution is -0.146. The van der Waals surface area contributed by atoms with E-state index in [9.17, 15) is 19.8 Å². The summed E-state index contributed by atoms with van der Waals surface area (Å²) in [6.07, 6.45) is 6.84. The highest BCUT2D eigenvalue weighted by molar-refractivity contribution is 7.15. The van der Waals surface area contributed by atoms with Gasteiger partial charge in [0.15, 0.2) is 5.13 Å². The van der Waals surface area contributed by atoms with Gasteiger partial charge < -0.3 is 20.4 Å². The molecule has 0 spiro atoms. The summed E-state index contributed by atoms with van der Waals surface area (Å²) in [7, 11) is 1.78. The molecule has 3 rings (SSSR count). The Morgan fingerprint density at radius 3 is 2.74 bits per heavy atom. The van der Waals surface area contributed by atoms with Gasteiger partial charge in [0.25, 0.3) is 0 Å². The van der Waals surface area contributed by atoms with Gasteiger partial charge in [-0.3, -0.25) is 9.59 Å². The van der Waals surface area contributed by atoms with Crippen molar-refractivity contribution in [3.63, 3.8) is 0 Å². The van der Waals surface area contributed by atoms with Gasteiger partial charge in [0.05, 0.1) is 18.4 Å². The summed E-state index contributed by atoms with van der Waals surface area (Å²) in [6.45, 7) is 10.4. The number of fused-ring (bicyclic) bond motifs is 2. The van der Waals surface area contributed by atoms with Gasteiger partial charge in [-0.05, 0) is 37.0 Å². The quantitative estimate of drug-likeness (QED) is 0.338. The van der Waals surface area contributed by atoms with E-state index >= 15 is 0 Å². The topological polar surface area (TPSA) is 103 Å². The highest BCUT2D eigenvalue weighted by Gasteiger charge is 2.59. The fourth-order valence-electron chi connectivity index (χ4n) is 6.04. The molecule has 7 nitrogen and oxygen atoms in total. The summed E-state index contributed by atoms with van der Waals surface area (Å²) in [6, 6.07) is 0. The molecule has 2 aliphatic rings. The van der Waals surface area contributed by atoms with Crippen LogP contribution in [0.3, 0.4) is 0 Å². The van der Waals surface area contributed by atoms with E-state index in [1.807, 2.05) is 6.92 Å². The van der Waals surface area contributed by atoms with Crippen LogP contribution in [-0.4, -0.2) is 58.2 Å². The number of rotatable bonds is 10. The number of aliphatic hydroxyl groups is 2. The Hall–Kier alpha value is -1.77. The van der Waals surface area contributed by atoms with Gasteiger partial charge in [0.1, 0.15) is 0 Å². The van der Waals surface area contributed by atoms with Gasteiger partial charge >= 0.3 is 0 Å². The molecule has 0 saturated heterocycles. The molecule has 8 heteroatoms. The van der Waals surface area contributed by atoms with E-state index in [0.717, 1.165) is 36.3 Å². The van der Waals surface area contributed by atoms with Crippen LogP contribution >= 0.6 is 11.3 Å². The molecule has 3 N–H and O–H groups in total. The summed E-state index contributed by atoms with van der Waals surface area (Å²) in [5, 5.41) is 24.8. The number of likely N-dealkylation sites (N-methyl/N-ethyl adjacent to an activating group) is 1. The lowest BCUT2D eigenvalue weighted by Gasteiger charge is -2.58. The zero-order valence-corrected chi connectivity index (χ0v) is 21.9. The van der Waals surface area contributed by atoms with Crippen molar-refractivity contribution in [2.24, 2.45) is 16.7 Å². The van der Waals surface area contributed by atoms with E-state index in [1.165, 1.54) is 11.3 Å². The molecule has 2 aliphatic carbocycles. The minimum atomic E-state index is -0.660. The third-order valence-corrected chi connectivity index (χ3v) is 9.36. The second-order valence-corrected chi connectivity index (χ2v) is 11.7. The first-order chi connectivity index (χ1) is 16.1. The number of nitrogens with zero attached hydrogens (tertiary/aromatic N) is 2. The van der Waals surface area contributed by atoms with E-state index in [4.69, 9.17) is 4.98 Å². The molecule has 1 fully saturated rings. The highest BCUT2D eigenvalue weighted by atomic mass is 32.1. The van der Waals surface area contributed by atoms with Gasteiger partial charge in [-0.25, -0.2) is 4.98 Å². The van der Waals surface area contributed by atoms with Gasteiger partial charge in [-0.2, -0.15) is 0 Å². The maximum atomic E-state index is 13.1.